The maximum Gasteiger partial charge on any atom is 0.235 e. The third kappa shape index (κ3) is 3.29. The van der Waals surface area contributed by atoms with Crippen LogP contribution in [0.2, 0.25) is 0 Å². The Labute approximate surface area is 161 Å². The average molecular weight is 381 g/mol. The standard InChI is InChI=1S/C20H19N3O3S/c1-27-14-9-7-12(8-10-14)16-15(11-21)20(26,13-5-3-2-4-6-13)23-19(25)17(16)18(22)24/h2-10,15-17,26H,1H3,(H2,22,24)(H,23,25)/t15-,16-,17+,20+/m1/s1. The number of nitrogens with one attached hydrogen (secondary N) is 1. The van der Waals surface area contributed by atoms with Crippen LogP contribution in [0.15, 0.2) is 59.5 Å². The molecule has 0 aromatic heterocycles. The lowest BCUT2D eigenvalue weighted by atomic mass is 9.67. The summed E-state index contributed by atoms with van der Waals surface area (Å²) in [6, 6.07) is 17.8. The number of aliphatic hydroxyl groups is 1. The summed E-state index contributed by atoms with van der Waals surface area (Å²) in [6.07, 6.45) is 1.93. The molecule has 0 bridgehead atoms. The van der Waals surface area contributed by atoms with Crippen LogP contribution in [0.4, 0.5) is 0 Å². The van der Waals surface area contributed by atoms with Crippen molar-refractivity contribution in [3.05, 3.63) is 65.7 Å². The summed E-state index contributed by atoms with van der Waals surface area (Å²) in [5.74, 6) is -4.75. The lowest BCUT2D eigenvalue weighted by Crippen LogP contribution is -2.62. The summed E-state index contributed by atoms with van der Waals surface area (Å²) < 4.78 is 0. The number of nitrogens with two attached hydrogens (primary N) is 1. The molecule has 2 aromatic rings. The van der Waals surface area contributed by atoms with Gasteiger partial charge in [0, 0.05) is 16.4 Å². The zero-order valence-electron chi connectivity index (χ0n) is 14.6. The van der Waals surface area contributed by atoms with E-state index in [1.807, 2.05) is 18.4 Å². The van der Waals surface area contributed by atoms with Gasteiger partial charge in [0.1, 0.15) is 11.8 Å². The van der Waals surface area contributed by atoms with Gasteiger partial charge in [0.15, 0.2) is 5.72 Å². The number of hydrogen-bond acceptors (Lipinski definition) is 5. The van der Waals surface area contributed by atoms with Crippen LogP contribution >= 0.6 is 11.8 Å². The van der Waals surface area contributed by atoms with Gasteiger partial charge in [-0.05, 0) is 24.0 Å². The molecule has 0 radical (unpaired) electrons. The van der Waals surface area contributed by atoms with Crippen molar-refractivity contribution in [1.82, 2.24) is 5.32 Å². The third-order valence-electron chi connectivity index (χ3n) is 4.92. The number of carbonyl (C=O) groups excluding carboxylic acids is 2. The first-order valence-corrected chi connectivity index (χ1v) is 9.57. The van der Waals surface area contributed by atoms with Crippen molar-refractivity contribution < 1.29 is 14.7 Å². The molecule has 1 heterocycles. The summed E-state index contributed by atoms with van der Waals surface area (Å²) in [6.45, 7) is 0. The molecule has 0 unspecified atom stereocenters. The van der Waals surface area contributed by atoms with E-state index in [1.165, 1.54) is 0 Å². The van der Waals surface area contributed by atoms with Gasteiger partial charge in [0.2, 0.25) is 11.8 Å². The van der Waals surface area contributed by atoms with E-state index in [4.69, 9.17) is 5.73 Å². The summed E-state index contributed by atoms with van der Waals surface area (Å²) in [5.41, 5.74) is 4.54. The average Bonchev–Trinajstić information content (AvgIpc) is 2.68. The zero-order valence-corrected chi connectivity index (χ0v) is 15.4. The van der Waals surface area contributed by atoms with Crippen molar-refractivity contribution >= 4 is 23.6 Å². The number of nitrogens with zero attached hydrogens (tertiary/aromatic N) is 1. The van der Waals surface area contributed by atoms with Gasteiger partial charge < -0.3 is 16.2 Å². The first kappa shape index (κ1) is 19.0. The highest BCUT2D eigenvalue weighted by Crippen LogP contribution is 2.45. The molecule has 27 heavy (non-hydrogen) atoms. The van der Waals surface area contributed by atoms with Crippen molar-refractivity contribution in [1.29, 1.82) is 5.26 Å². The minimum absolute atomic E-state index is 0.374. The fraction of sp³-hybridized carbons (Fsp3) is 0.250. The number of amides is 2. The Hall–Kier alpha value is -2.82. The fourth-order valence-electron chi connectivity index (χ4n) is 3.59. The summed E-state index contributed by atoms with van der Waals surface area (Å²) in [5, 5.41) is 23.6. The van der Waals surface area contributed by atoms with Crippen LogP contribution in [0.5, 0.6) is 0 Å². The minimum atomic E-state index is -1.93. The minimum Gasteiger partial charge on any atom is -0.369 e. The Kier molecular flexibility index (Phi) is 5.22. The van der Waals surface area contributed by atoms with Crippen LogP contribution < -0.4 is 11.1 Å². The first-order valence-electron chi connectivity index (χ1n) is 8.35. The second kappa shape index (κ2) is 7.43. The quantitative estimate of drug-likeness (QED) is 0.551. The van der Waals surface area contributed by atoms with Crippen LogP contribution in [-0.4, -0.2) is 23.2 Å². The predicted octanol–water partition coefficient (Wildman–Crippen LogP) is 1.71. The SMILES string of the molecule is CSc1ccc([C@H]2[C@@H](C(N)=O)C(=O)N[C@](O)(c3ccccc3)[C@@H]2C#N)cc1. The molecular weight excluding hydrogens is 362 g/mol. The van der Waals surface area contributed by atoms with Crippen LogP contribution in [0.3, 0.4) is 0 Å². The second-order valence-corrected chi connectivity index (χ2v) is 7.29. The van der Waals surface area contributed by atoms with E-state index in [0.29, 0.717) is 11.1 Å². The van der Waals surface area contributed by atoms with Gasteiger partial charge in [0.05, 0.1) is 6.07 Å². The van der Waals surface area contributed by atoms with E-state index < -0.39 is 35.3 Å². The van der Waals surface area contributed by atoms with Crippen molar-refractivity contribution in [2.24, 2.45) is 17.6 Å². The molecule has 0 saturated carbocycles. The molecule has 6 nitrogen and oxygen atoms in total. The fourth-order valence-corrected chi connectivity index (χ4v) is 4.00. The topological polar surface area (TPSA) is 116 Å². The Morgan fingerprint density at radius 3 is 2.37 bits per heavy atom. The van der Waals surface area contributed by atoms with E-state index in [0.717, 1.165) is 4.90 Å². The Morgan fingerprint density at radius 1 is 1.22 bits per heavy atom. The van der Waals surface area contributed by atoms with Gasteiger partial charge >= 0.3 is 0 Å². The summed E-state index contributed by atoms with van der Waals surface area (Å²) >= 11 is 1.55. The number of carbonyl (C=O) groups is 2. The van der Waals surface area contributed by atoms with Crippen LogP contribution in [0.25, 0.3) is 0 Å². The van der Waals surface area contributed by atoms with Gasteiger partial charge in [-0.3, -0.25) is 9.59 Å². The lowest BCUT2D eigenvalue weighted by Gasteiger charge is -2.44. The molecular formula is C20H19N3O3S. The molecule has 0 aliphatic carbocycles. The third-order valence-corrected chi connectivity index (χ3v) is 5.67. The molecule has 1 aliphatic rings. The van der Waals surface area contributed by atoms with Gasteiger partial charge in [0.25, 0.3) is 0 Å². The van der Waals surface area contributed by atoms with Gasteiger partial charge in [-0.15, -0.1) is 11.8 Å². The van der Waals surface area contributed by atoms with E-state index in [2.05, 4.69) is 11.4 Å². The predicted molar refractivity (Wildman–Crippen MR) is 101 cm³/mol. The Balaban J connectivity index is 2.16. The normalized spacial score (nSPS) is 27.4. The number of hydrogen-bond donors (Lipinski definition) is 3. The summed E-state index contributed by atoms with van der Waals surface area (Å²) in [4.78, 5) is 25.8. The number of piperidine rings is 1. The number of primary amides is 1. The van der Waals surface area contributed by atoms with Crippen molar-refractivity contribution in [3.63, 3.8) is 0 Å². The molecule has 4 atom stereocenters. The molecule has 4 N–H and O–H groups in total. The van der Waals surface area contributed by atoms with Crippen LogP contribution in [0.1, 0.15) is 17.0 Å². The molecule has 0 spiro atoms. The van der Waals surface area contributed by atoms with E-state index in [9.17, 15) is 20.0 Å². The van der Waals surface area contributed by atoms with Gasteiger partial charge in [-0.2, -0.15) is 5.26 Å². The molecule has 2 amide bonds. The molecule has 7 heteroatoms. The number of benzene rings is 2. The highest BCUT2D eigenvalue weighted by molar-refractivity contribution is 7.98. The highest BCUT2D eigenvalue weighted by Gasteiger charge is 2.55. The van der Waals surface area contributed by atoms with Gasteiger partial charge in [-0.25, -0.2) is 0 Å². The molecule has 1 saturated heterocycles. The maximum absolute atomic E-state index is 12.7. The molecule has 138 valence electrons. The monoisotopic (exact) mass is 381 g/mol. The highest BCUT2D eigenvalue weighted by atomic mass is 32.2. The number of nitriles is 1. The first-order chi connectivity index (χ1) is 12.9. The Bertz CT molecular complexity index is 895. The van der Waals surface area contributed by atoms with Crippen molar-refractivity contribution in [2.75, 3.05) is 6.26 Å². The van der Waals surface area contributed by atoms with E-state index in [-0.39, 0.29) is 0 Å². The largest absolute Gasteiger partial charge is 0.369 e. The molecule has 2 aromatic carbocycles. The molecule has 1 fully saturated rings. The molecule has 1 aliphatic heterocycles. The number of thioether (sulfide) groups is 1. The maximum atomic E-state index is 12.7. The molecule has 3 rings (SSSR count). The van der Waals surface area contributed by atoms with Gasteiger partial charge in [-0.1, -0.05) is 42.5 Å². The second-order valence-electron chi connectivity index (χ2n) is 6.41. The summed E-state index contributed by atoms with van der Waals surface area (Å²) in [7, 11) is 0. The smallest absolute Gasteiger partial charge is 0.235 e. The Morgan fingerprint density at radius 2 is 1.85 bits per heavy atom. The van der Waals surface area contributed by atoms with Crippen LogP contribution in [0, 0.1) is 23.2 Å². The van der Waals surface area contributed by atoms with Crippen molar-refractivity contribution in [3.8, 4) is 6.07 Å². The van der Waals surface area contributed by atoms with E-state index in [1.54, 1.807) is 54.2 Å². The van der Waals surface area contributed by atoms with Crippen molar-refractivity contribution in [2.45, 2.75) is 16.5 Å². The number of rotatable bonds is 4. The van der Waals surface area contributed by atoms with Crippen LogP contribution in [-0.2, 0) is 15.3 Å². The lowest BCUT2D eigenvalue weighted by molar-refractivity contribution is -0.153. The van der Waals surface area contributed by atoms with E-state index >= 15 is 0 Å². The zero-order chi connectivity index (χ0) is 19.6.